The van der Waals surface area contributed by atoms with Crippen LogP contribution in [0.5, 0.6) is 5.75 Å². The molecule has 20 heavy (non-hydrogen) atoms. The highest BCUT2D eigenvalue weighted by Gasteiger charge is 2.29. The molecule has 0 saturated carbocycles. The highest BCUT2D eigenvalue weighted by molar-refractivity contribution is 5.73. The molecule has 1 aliphatic rings. The number of nitrogens with zero attached hydrogens (tertiary/aromatic N) is 2. The van der Waals surface area contributed by atoms with Gasteiger partial charge in [0, 0.05) is 0 Å². The highest BCUT2D eigenvalue weighted by Crippen LogP contribution is 2.36. The van der Waals surface area contributed by atoms with Gasteiger partial charge in [0.1, 0.15) is 11.5 Å². The van der Waals surface area contributed by atoms with Crippen LogP contribution in [0, 0.1) is 0 Å². The molecule has 0 bridgehead atoms. The molecular weight excluding hydrogens is 262 g/mol. The van der Waals surface area contributed by atoms with E-state index in [9.17, 15) is 4.79 Å². The van der Waals surface area contributed by atoms with Crippen molar-refractivity contribution in [1.29, 1.82) is 0 Å². The number of amides is 1. The number of fused-ring (bicyclic) bond motifs is 1. The van der Waals surface area contributed by atoms with E-state index in [4.69, 9.17) is 20.0 Å². The summed E-state index contributed by atoms with van der Waals surface area (Å²) in [6.45, 7) is 0.446. The van der Waals surface area contributed by atoms with Gasteiger partial charge < -0.3 is 20.0 Å². The van der Waals surface area contributed by atoms with Gasteiger partial charge in [-0.1, -0.05) is 6.07 Å². The summed E-state index contributed by atoms with van der Waals surface area (Å²) >= 11 is 0. The second-order valence-electron chi connectivity index (χ2n) is 4.46. The number of oxazole rings is 1. The van der Waals surface area contributed by atoms with Gasteiger partial charge in [-0.05, 0) is 12.1 Å². The van der Waals surface area contributed by atoms with Crippen LogP contribution in [0.4, 0.5) is 10.5 Å². The number of ether oxygens (including phenoxy) is 1. The van der Waals surface area contributed by atoms with Crippen LogP contribution in [-0.2, 0) is 13.1 Å². The van der Waals surface area contributed by atoms with E-state index in [0.29, 0.717) is 34.3 Å². The molecule has 2 heterocycles. The van der Waals surface area contributed by atoms with Gasteiger partial charge >= 0.3 is 6.09 Å². The summed E-state index contributed by atoms with van der Waals surface area (Å²) in [5, 5.41) is 8.93. The van der Waals surface area contributed by atoms with Gasteiger partial charge in [0.05, 0.1) is 31.5 Å². The quantitative estimate of drug-likeness (QED) is 0.812. The molecule has 0 atom stereocenters. The monoisotopic (exact) mass is 275 g/mol. The molecule has 7 heteroatoms. The number of nitrogens with two attached hydrogens (primary N) is 1. The summed E-state index contributed by atoms with van der Waals surface area (Å²) in [6.07, 6.45) is -0.985. The van der Waals surface area contributed by atoms with Crippen LogP contribution in [0.25, 0.3) is 11.5 Å². The zero-order chi connectivity index (χ0) is 14.3. The molecule has 0 aliphatic carbocycles. The number of anilines is 1. The Morgan fingerprint density at radius 3 is 2.95 bits per heavy atom. The molecular formula is C13H13N3O4. The molecule has 1 aromatic heterocycles. The smallest absolute Gasteiger partial charge is 0.408 e. The zero-order valence-electron chi connectivity index (χ0n) is 10.8. The van der Waals surface area contributed by atoms with Crippen molar-refractivity contribution in [3.63, 3.8) is 0 Å². The maximum atomic E-state index is 10.9. The second kappa shape index (κ2) is 4.44. The number of carbonyl (C=O) groups is 1. The third-order valence-electron chi connectivity index (χ3n) is 3.20. The van der Waals surface area contributed by atoms with Crippen LogP contribution in [0.15, 0.2) is 22.6 Å². The Kier molecular flexibility index (Phi) is 2.74. The molecule has 0 radical (unpaired) electrons. The first kappa shape index (κ1) is 12.3. The number of aromatic nitrogens is 1. The van der Waals surface area contributed by atoms with Crippen LogP contribution >= 0.6 is 0 Å². The molecule has 0 fully saturated rings. The Bertz CT molecular complexity index is 657. The van der Waals surface area contributed by atoms with Crippen LogP contribution < -0.4 is 10.5 Å². The minimum Gasteiger partial charge on any atom is -0.494 e. The van der Waals surface area contributed by atoms with Gasteiger partial charge in [-0.15, -0.1) is 0 Å². The summed E-state index contributed by atoms with van der Waals surface area (Å²) in [6, 6.07) is 5.31. The van der Waals surface area contributed by atoms with Gasteiger partial charge in [-0.2, -0.15) is 0 Å². The molecule has 104 valence electrons. The fraction of sp³-hybridized carbons (Fsp3) is 0.231. The van der Waals surface area contributed by atoms with Crippen molar-refractivity contribution < 1.29 is 19.1 Å². The van der Waals surface area contributed by atoms with Crippen LogP contribution in [-0.4, -0.2) is 28.2 Å². The van der Waals surface area contributed by atoms with Crippen LogP contribution in [0.3, 0.4) is 0 Å². The predicted molar refractivity (Wildman–Crippen MR) is 70.2 cm³/mol. The fourth-order valence-corrected chi connectivity index (χ4v) is 2.24. The number of rotatable bonds is 2. The minimum atomic E-state index is -0.985. The molecule has 1 amide bonds. The first-order chi connectivity index (χ1) is 9.60. The molecule has 0 spiro atoms. The summed E-state index contributed by atoms with van der Waals surface area (Å²) in [7, 11) is 1.53. The van der Waals surface area contributed by atoms with Crippen molar-refractivity contribution in [2.45, 2.75) is 13.1 Å². The molecule has 0 unspecified atom stereocenters. The number of hydrogen-bond acceptors (Lipinski definition) is 5. The molecule has 3 N–H and O–H groups in total. The topological polar surface area (TPSA) is 102 Å². The lowest BCUT2D eigenvalue weighted by Crippen LogP contribution is -2.23. The van der Waals surface area contributed by atoms with Crippen LogP contribution in [0.2, 0.25) is 0 Å². The minimum absolute atomic E-state index is 0.211. The molecule has 1 aromatic carbocycles. The third-order valence-corrected chi connectivity index (χ3v) is 3.20. The van der Waals surface area contributed by atoms with Gasteiger partial charge in [-0.3, -0.25) is 4.90 Å². The van der Waals surface area contributed by atoms with Gasteiger partial charge in [0.2, 0.25) is 5.89 Å². The standard InChI is InChI=1S/C13H13N3O4/c1-19-11-7(3-2-4-8(11)14)12-15-9-5-16(13(17)18)6-10(9)20-12/h2-4H,5-6,14H2,1H3,(H,17,18). The zero-order valence-corrected chi connectivity index (χ0v) is 10.8. The Hall–Kier alpha value is -2.70. The van der Waals surface area contributed by atoms with E-state index in [1.54, 1.807) is 18.2 Å². The molecule has 3 rings (SSSR count). The van der Waals surface area contributed by atoms with Crippen molar-refractivity contribution in [2.24, 2.45) is 0 Å². The van der Waals surface area contributed by atoms with E-state index in [-0.39, 0.29) is 13.1 Å². The fourth-order valence-electron chi connectivity index (χ4n) is 2.24. The van der Waals surface area contributed by atoms with Crippen molar-refractivity contribution in [2.75, 3.05) is 12.8 Å². The number of para-hydroxylation sites is 1. The Morgan fingerprint density at radius 2 is 2.30 bits per heavy atom. The Morgan fingerprint density at radius 1 is 1.50 bits per heavy atom. The first-order valence-corrected chi connectivity index (χ1v) is 5.99. The van der Waals surface area contributed by atoms with E-state index in [1.165, 1.54) is 12.0 Å². The number of nitrogen functional groups attached to an aromatic ring is 1. The molecule has 1 aliphatic heterocycles. The Labute approximate surface area is 114 Å². The largest absolute Gasteiger partial charge is 0.494 e. The molecule has 7 nitrogen and oxygen atoms in total. The second-order valence-corrected chi connectivity index (χ2v) is 4.46. The van der Waals surface area contributed by atoms with E-state index in [0.717, 1.165) is 0 Å². The van der Waals surface area contributed by atoms with Gasteiger partial charge in [-0.25, -0.2) is 9.78 Å². The summed E-state index contributed by atoms with van der Waals surface area (Å²) in [4.78, 5) is 16.5. The summed E-state index contributed by atoms with van der Waals surface area (Å²) in [5.74, 6) is 1.46. The van der Waals surface area contributed by atoms with E-state index < -0.39 is 6.09 Å². The predicted octanol–water partition coefficient (Wildman–Crippen LogP) is 1.93. The SMILES string of the molecule is COc1c(N)cccc1-c1nc2c(o1)CN(C(=O)O)C2. The van der Waals surface area contributed by atoms with Crippen molar-refractivity contribution in [3.8, 4) is 17.2 Å². The van der Waals surface area contributed by atoms with Gasteiger partial charge in [0.25, 0.3) is 0 Å². The van der Waals surface area contributed by atoms with Gasteiger partial charge in [0.15, 0.2) is 5.75 Å². The van der Waals surface area contributed by atoms with Crippen molar-refractivity contribution >= 4 is 11.8 Å². The lowest BCUT2D eigenvalue weighted by atomic mass is 10.1. The third kappa shape index (κ3) is 1.83. The number of carboxylic acid groups (broad SMARTS) is 1. The lowest BCUT2D eigenvalue weighted by molar-refractivity contribution is 0.142. The Balaban J connectivity index is 1.98. The van der Waals surface area contributed by atoms with E-state index in [1.807, 2.05) is 0 Å². The number of hydrogen-bond donors (Lipinski definition) is 2. The lowest BCUT2D eigenvalue weighted by Gasteiger charge is -2.10. The average molecular weight is 275 g/mol. The van der Waals surface area contributed by atoms with E-state index in [2.05, 4.69) is 4.98 Å². The summed E-state index contributed by atoms with van der Waals surface area (Å²) < 4.78 is 10.9. The highest BCUT2D eigenvalue weighted by atomic mass is 16.5. The first-order valence-electron chi connectivity index (χ1n) is 5.99. The average Bonchev–Trinajstić information content (AvgIpc) is 2.96. The van der Waals surface area contributed by atoms with E-state index >= 15 is 0 Å². The maximum Gasteiger partial charge on any atom is 0.408 e. The summed E-state index contributed by atoms with van der Waals surface area (Å²) in [5.41, 5.74) is 7.63. The van der Waals surface area contributed by atoms with Crippen molar-refractivity contribution in [3.05, 3.63) is 29.7 Å². The van der Waals surface area contributed by atoms with Crippen LogP contribution in [0.1, 0.15) is 11.5 Å². The number of methoxy groups -OCH3 is 1. The number of benzene rings is 1. The maximum absolute atomic E-state index is 10.9. The molecule has 0 saturated heterocycles. The normalized spacial score (nSPS) is 13.3. The molecule has 2 aromatic rings. The van der Waals surface area contributed by atoms with Crippen molar-refractivity contribution in [1.82, 2.24) is 9.88 Å².